The number of nitrogens with one attached hydrogen (secondary N) is 1. The Morgan fingerprint density at radius 2 is 1.89 bits per heavy atom. The summed E-state index contributed by atoms with van der Waals surface area (Å²) < 4.78 is 0. The summed E-state index contributed by atoms with van der Waals surface area (Å²) >= 11 is 0. The molecule has 1 aromatic rings. The summed E-state index contributed by atoms with van der Waals surface area (Å²) in [4.78, 5) is 33.1. The predicted molar refractivity (Wildman–Crippen MR) is 60.8 cm³/mol. The Balaban J connectivity index is 2.82. The lowest BCUT2D eigenvalue weighted by Crippen LogP contribution is -2.43. The van der Waals surface area contributed by atoms with E-state index >= 15 is 0 Å². The number of benzene rings is 1. The van der Waals surface area contributed by atoms with Crippen molar-refractivity contribution >= 4 is 17.8 Å². The van der Waals surface area contributed by atoms with Crippen molar-refractivity contribution in [2.75, 3.05) is 0 Å². The average molecular weight is 252 g/mol. The van der Waals surface area contributed by atoms with Gasteiger partial charge in [0.15, 0.2) is 0 Å². The van der Waals surface area contributed by atoms with Gasteiger partial charge >= 0.3 is 5.97 Å². The molecule has 1 aromatic carbocycles. The molecule has 0 fully saturated rings. The first-order valence-corrected chi connectivity index (χ1v) is 5.01. The maximum atomic E-state index is 11.7. The van der Waals surface area contributed by atoms with Gasteiger partial charge in [-0.3, -0.25) is 9.59 Å². The summed E-state index contributed by atoms with van der Waals surface area (Å²) in [5, 5.41) is 20.3. The molecule has 0 aliphatic carbocycles. The number of carboxylic acids is 1. The van der Waals surface area contributed by atoms with Crippen molar-refractivity contribution in [3.05, 3.63) is 29.8 Å². The van der Waals surface area contributed by atoms with Gasteiger partial charge in [-0.15, -0.1) is 0 Å². The minimum atomic E-state index is -1.42. The molecule has 0 aromatic heterocycles. The van der Waals surface area contributed by atoms with E-state index in [0.29, 0.717) is 0 Å². The summed E-state index contributed by atoms with van der Waals surface area (Å²) in [6.07, 6.45) is -0.519. The fraction of sp³-hybridized carbons (Fsp3) is 0.182. The normalized spacial score (nSPS) is 11.6. The molecule has 96 valence electrons. The number of para-hydroxylation sites is 1. The summed E-state index contributed by atoms with van der Waals surface area (Å²) in [5.74, 6) is -3.29. The number of hydrogen-bond donors (Lipinski definition) is 4. The van der Waals surface area contributed by atoms with E-state index in [1.807, 2.05) is 0 Å². The van der Waals surface area contributed by atoms with E-state index in [0.717, 1.165) is 0 Å². The van der Waals surface area contributed by atoms with Gasteiger partial charge < -0.3 is 21.3 Å². The van der Waals surface area contributed by atoms with Crippen LogP contribution in [-0.4, -0.2) is 34.0 Å². The minimum absolute atomic E-state index is 0.0757. The van der Waals surface area contributed by atoms with Gasteiger partial charge in [0.25, 0.3) is 5.91 Å². The van der Waals surface area contributed by atoms with Crippen molar-refractivity contribution in [2.24, 2.45) is 5.73 Å². The second-order valence-corrected chi connectivity index (χ2v) is 3.55. The van der Waals surface area contributed by atoms with E-state index < -0.39 is 30.2 Å². The quantitative estimate of drug-likeness (QED) is 0.558. The van der Waals surface area contributed by atoms with Gasteiger partial charge in [-0.05, 0) is 12.1 Å². The van der Waals surface area contributed by atoms with Gasteiger partial charge in [0.1, 0.15) is 11.8 Å². The third-order valence-corrected chi connectivity index (χ3v) is 2.16. The van der Waals surface area contributed by atoms with Crippen LogP contribution in [-0.2, 0) is 9.59 Å². The summed E-state index contributed by atoms with van der Waals surface area (Å²) in [6, 6.07) is 4.23. The zero-order chi connectivity index (χ0) is 13.7. The lowest BCUT2D eigenvalue weighted by Gasteiger charge is -2.13. The number of primary amides is 1. The number of carbonyl (C=O) groups is 3. The molecular weight excluding hydrogens is 240 g/mol. The van der Waals surface area contributed by atoms with Crippen molar-refractivity contribution in [1.29, 1.82) is 0 Å². The zero-order valence-electron chi connectivity index (χ0n) is 9.29. The number of amides is 2. The maximum Gasteiger partial charge on any atom is 0.326 e. The van der Waals surface area contributed by atoms with E-state index in [9.17, 15) is 19.5 Å². The molecule has 0 spiro atoms. The fourth-order valence-electron chi connectivity index (χ4n) is 1.30. The summed E-state index contributed by atoms with van der Waals surface area (Å²) in [7, 11) is 0. The Kier molecular flexibility index (Phi) is 4.25. The van der Waals surface area contributed by atoms with Gasteiger partial charge in [0.05, 0.1) is 12.0 Å². The monoisotopic (exact) mass is 252 g/mol. The first-order chi connectivity index (χ1) is 8.41. The van der Waals surface area contributed by atoms with E-state index in [-0.39, 0.29) is 11.3 Å². The lowest BCUT2D eigenvalue weighted by atomic mass is 10.1. The molecule has 5 N–H and O–H groups in total. The molecule has 1 atom stereocenters. The van der Waals surface area contributed by atoms with Crippen LogP contribution in [0.1, 0.15) is 16.8 Å². The molecule has 0 saturated heterocycles. The second kappa shape index (κ2) is 5.67. The number of phenolic OH excluding ortho intramolecular Hbond substituents is 1. The summed E-state index contributed by atoms with van der Waals surface area (Å²) in [5.41, 5.74) is 4.80. The SMILES string of the molecule is NC(=O)CC(NC(=O)c1ccccc1O)C(=O)O. The van der Waals surface area contributed by atoms with Crippen LogP contribution in [0.15, 0.2) is 24.3 Å². The number of phenols is 1. The molecular formula is C11H12N2O5. The molecule has 1 unspecified atom stereocenters. The first-order valence-electron chi connectivity index (χ1n) is 5.01. The van der Waals surface area contributed by atoms with Crippen LogP contribution >= 0.6 is 0 Å². The molecule has 7 nitrogen and oxygen atoms in total. The van der Waals surface area contributed by atoms with Crippen molar-refractivity contribution in [3.63, 3.8) is 0 Å². The molecule has 18 heavy (non-hydrogen) atoms. The van der Waals surface area contributed by atoms with Gasteiger partial charge in [-0.25, -0.2) is 4.79 Å². The fourth-order valence-corrected chi connectivity index (χ4v) is 1.30. The van der Waals surface area contributed by atoms with E-state index in [2.05, 4.69) is 5.32 Å². The lowest BCUT2D eigenvalue weighted by molar-refractivity contribution is -0.140. The number of aliphatic carboxylic acids is 1. The van der Waals surface area contributed by atoms with Gasteiger partial charge in [0.2, 0.25) is 5.91 Å². The Morgan fingerprint density at radius 1 is 1.28 bits per heavy atom. The van der Waals surface area contributed by atoms with Crippen LogP contribution in [0.5, 0.6) is 5.75 Å². The van der Waals surface area contributed by atoms with Gasteiger partial charge in [-0.1, -0.05) is 12.1 Å². The van der Waals surface area contributed by atoms with Crippen LogP contribution < -0.4 is 11.1 Å². The maximum absolute atomic E-state index is 11.7. The standard InChI is InChI=1S/C11H12N2O5/c12-9(15)5-7(11(17)18)13-10(16)6-3-1-2-4-8(6)14/h1-4,7,14H,5H2,(H2,12,15)(H,13,16)(H,17,18). The first kappa shape index (κ1) is 13.5. The number of aromatic hydroxyl groups is 1. The van der Waals surface area contributed by atoms with Crippen LogP contribution in [0.25, 0.3) is 0 Å². The third kappa shape index (κ3) is 3.48. The Hall–Kier alpha value is -2.57. The third-order valence-electron chi connectivity index (χ3n) is 2.16. The van der Waals surface area contributed by atoms with E-state index in [4.69, 9.17) is 10.8 Å². The van der Waals surface area contributed by atoms with Crippen molar-refractivity contribution in [3.8, 4) is 5.75 Å². The number of hydrogen-bond acceptors (Lipinski definition) is 4. The van der Waals surface area contributed by atoms with Crippen LogP contribution in [0, 0.1) is 0 Å². The molecule has 1 rings (SSSR count). The molecule has 2 amide bonds. The predicted octanol–water partition coefficient (Wildman–Crippen LogP) is -0.549. The van der Waals surface area contributed by atoms with E-state index in [1.165, 1.54) is 24.3 Å². The number of carboxylic acid groups (broad SMARTS) is 1. The molecule has 0 radical (unpaired) electrons. The van der Waals surface area contributed by atoms with Gasteiger partial charge in [-0.2, -0.15) is 0 Å². The highest BCUT2D eigenvalue weighted by Crippen LogP contribution is 2.15. The highest BCUT2D eigenvalue weighted by atomic mass is 16.4. The molecule has 0 bridgehead atoms. The Labute approximate surface area is 102 Å². The van der Waals surface area contributed by atoms with Crippen molar-refractivity contribution in [1.82, 2.24) is 5.32 Å². The number of carbonyl (C=O) groups excluding carboxylic acids is 2. The highest BCUT2D eigenvalue weighted by molar-refractivity contribution is 5.99. The largest absolute Gasteiger partial charge is 0.507 e. The van der Waals surface area contributed by atoms with Crippen LogP contribution in [0.4, 0.5) is 0 Å². The average Bonchev–Trinajstić information content (AvgIpc) is 2.27. The molecule has 7 heteroatoms. The van der Waals surface area contributed by atoms with Crippen LogP contribution in [0.2, 0.25) is 0 Å². The molecule has 0 heterocycles. The Bertz CT molecular complexity index is 486. The van der Waals surface area contributed by atoms with Crippen molar-refractivity contribution in [2.45, 2.75) is 12.5 Å². The van der Waals surface area contributed by atoms with Gasteiger partial charge in [0, 0.05) is 0 Å². The molecule has 0 saturated carbocycles. The topological polar surface area (TPSA) is 130 Å². The highest BCUT2D eigenvalue weighted by Gasteiger charge is 2.23. The zero-order valence-corrected chi connectivity index (χ0v) is 9.29. The number of rotatable bonds is 5. The minimum Gasteiger partial charge on any atom is -0.507 e. The summed E-state index contributed by atoms with van der Waals surface area (Å²) in [6.45, 7) is 0. The number of nitrogens with two attached hydrogens (primary N) is 1. The Morgan fingerprint density at radius 3 is 2.39 bits per heavy atom. The smallest absolute Gasteiger partial charge is 0.326 e. The molecule has 0 aliphatic rings. The van der Waals surface area contributed by atoms with Crippen molar-refractivity contribution < 1.29 is 24.6 Å². The van der Waals surface area contributed by atoms with E-state index in [1.54, 1.807) is 0 Å². The molecule has 0 aliphatic heterocycles. The second-order valence-electron chi connectivity index (χ2n) is 3.55. The van der Waals surface area contributed by atoms with Crippen LogP contribution in [0.3, 0.4) is 0 Å².